The van der Waals surface area contributed by atoms with E-state index in [0.717, 1.165) is 17.5 Å². The number of ether oxygens (including phenoxy) is 2. The van der Waals surface area contributed by atoms with Crippen molar-refractivity contribution < 1.29 is 22.7 Å². The van der Waals surface area contributed by atoms with Gasteiger partial charge in [-0.3, -0.25) is 4.79 Å². The van der Waals surface area contributed by atoms with Crippen molar-refractivity contribution in [3.8, 4) is 16.8 Å². The molecule has 4 aromatic rings. The topological polar surface area (TPSA) is 147 Å². The first-order valence-electron chi connectivity index (χ1n) is 13.4. The van der Waals surface area contributed by atoms with E-state index >= 15 is 0 Å². The van der Waals surface area contributed by atoms with E-state index in [9.17, 15) is 13.2 Å². The molecule has 1 aliphatic rings. The Hall–Kier alpha value is -3.81. The lowest BCUT2D eigenvalue weighted by molar-refractivity contribution is -0.163. The van der Waals surface area contributed by atoms with Crippen LogP contribution in [0.2, 0.25) is 0 Å². The zero-order valence-electron chi connectivity index (χ0n) is 23.6. The molecule has 0 radical (unpaired) electrons. The molecule has 0 unspecified atom stereocenters. The second-order valence-corrected chi connectivity index (χ2v) is 12.5. The number of hydrogen-bond donors (Lipinski definition) is 1. The number of anilines is 1. The Morgan fingerprint density at radius 2 is 1.83 bits per heavy atom. The minimum atomic E-state index is -3.76. The third kappa shape index (κ3) is 5.44. The molecule has 41 heavy (non-hydrogen) atoms. The Balaban J connectivity index is 1.54. The summed E-state index contributed by atoms with van der Waals surface area (Å²) in [5.74, 6) is -0.366. The first kappa shape index (κ1) is 28.7. The molecule has 0 aliphatic heterocycles. The molecule has 218 valence electrons. The van der Waals surface area contributed by atoms with Crippen LogP contribution in [0.4, 0.5) is 5.82 Å². The molecule has 13 heteroatoms. The van der Waals surface area contributed by atoms with Gasteiger partial charge in [-0.25, -0.2) is 18.1 Å². The lowest BCUT2D eigenvalue weighted by Crippen LogP contribution is -2.51. The summed E-state index contributed by atoms with van der Waals surface area (Å²) in [5.41, 5.74) is 8.64. The van der Waals surface area contributed by atoms with E-state index in [4.69, 9.17) is 20.2 Å². The van der Waals surface area contributed by atoms with Gasteiger partial charge in [0.2, 0.25) is 0 Å². The smallest absolute Gasteiger partial charge is 0.254 e. The zero-order valence-corrected chi connectivity index (χ0v) is 24.5. The number of carbonyl (C=O) groups is 1. The second kappa shape index (κ2) is 11.2. The lowest BCUT2D eigenvalue weighted by Gasteiger charge is -2.40. The summed E-state index contributed by atoms with van der Waals surface area (Å²) in [5, 5.41) is 8.87. The fourth-order valence-corrected chi connectivity index (χ4v) is 6.63. The van der Waals surface area contributed by atoms with Crippen LogP contribution in [-0.4, -0.2) is 89.9 Å². The van der Waals surface area contributed by atoms with E-state index < -0.39 is 15.4 Å². The SMILES string of the molecule is COCCO[C@]1(C(=O)N(C)C)CC[C@@H](c2nc3c(-c4cnn(-c5ccccc5)c4)cnn3c(N)c2S(C)(=O)=O)CC1. The van der Waals surface area contributed by atoms with E-state index in [1.54, 1.807) is 38.3 Å². The van der Waals surface area contributed by atoms with Crippen molar-refractivity contribution in [2.24, 2.45) is 0 Å². The molecular weight excluding hydrogens is 546 g/mol. The van der Waals surface area contributed by atoms with Crippen molar-refractivity contribution in [3.63, 3.8) is 0 Å². The van der Waals surface area contributed by atoms with Gasteiger partial charge in [-0.2, -0.15) is 14.7 Å². The second-order valence-electron chi connectivity index (χ2n) is 10.6. The average Bonchev–Trinajstić information content (AvgIpc) is 3.60. The average molecular weight is 582 g/mol. The Kier molecular flexibility index (Phi) is 7.86. The van der Waals surface area contributed by atoms with Crippen molar-refractivity contribution in [1.82, 2.24) is 29.3 Å². The molecular formula is C28H35N7O5S. The number of likely N-dealkylation sites (N-methyl/N-ethyl adjacent to an activating group) is 1. The Bertz CT molecular complexity index is 1660. The summed E-state index contributed by atoms with van der Waals surface area (Å²) in [4.78, 5) is 19.6. The first-order valence-corrected chi connectivity index (χ1v) is 15.3. The fraction of sp³-hybridized carbons (Fsp3) is 0.429. The largest absolute Gasteiger partial charge is 0.382 e. The van der Waals surface area contributed by atoms with Crippen molar-refractivity contribution in [1.29, 1.82) is 0 Å². The number of amides is 1. The van der Waals surface area contributed by atoms with Crippen LogP contribution in [-0.2, 0) is 24.1 Å². The van der Waals surface area contributed by atoms with Gasteiger partial charge < -0.3 is 20.1 Å². The number of para-hydroxylation sites is 1. The van der Waals surface area contributed by atoms with Gasteiger partial charge in [0.15, 0.2) is 15.5 Å². The van der Waals surface area contributed by atoms with E-state index in [2.05, 4.69) is 10.2 Å². The third-order valence-electron chi connectivity index (χ3n) is 7.59. The number of sulfone groups is 1. The quantitative estimate of drug-likeness (QED) is 0.295. The van der Waals surface area contributed by atoms with Crippen LogP contribution in [0.1, 0.15) is 37.3 Å². The van der Waals surface area contributed by atoms with Gasteiger partial charge in [0.1, 0.15) is 16.3 Å². The molecule has 5 rings (SSSR count). The maximum Gasteiger partial charge on any atom is 0.254 e. The molecule has 2 N–H and O–H groups in total. The fourth-order valence-electron chi connectivity index (χ4n) is 5.57. The number of nitrogens with two attached hydrogens (primary N) is 1. The Morgan fingerprint density at radius 1 is 1.12 bits per heavy atom. The highest BCUT2D eigenvalue weighted by Crippen LogP contribution is 2.43. The van der Waals surface area contributed by atoms with Crippen molar-refractivity contribution >= 4 is 27.2 Å². The number of rotatable bonds is 9. The lowest BCUT2D eigenvalue weighted by atomic mass is 9.76. The normalized spacial score (nSPS) is 19.5. The van der Waals surface area contributed by atoms with Gasteiger partial charge in [-0.1, -0.05) is 18.2 Å². The van der Waals surface area contributed by atoms with E-state index in [1.165, 1.54) is 9.42 Å². The summed E-state index contributed by atoms with van der Waals surface area (Å²) < 4.78 is 40.4. The molecule has 0 spiro atoms. The van der Waals surface area contributed by atoms with Crippen molar-refractivity contribution in [2.75, 3.05) is 46.4 Å². The molecule has 1 saturated carbocycles. The van der Waals surface area contributed by atoms with Crippen molar-refractivity contribution in [2.45, 2.75) is 42.1 Å². The van der Waals surface area contributed by atoms with E-state index in [0.29, 0.717) is 49.2 Å². The number of hydrogen-bond acceptors (Lipinski definition) is 9. The predicted molar refractivity (Wildman–Crippen MR) is 154 cm³/mol. The van der Waals surface area contributed by atoms with Crippen LogP contribution in [0.3, 0.4) is 0 Å². The van der Waals surface area contributed by atoms with Gasteiger partial charge in [0, 0.05) is 50.7 Å². The number of aromatic nitrogens is 5. The zero-order chi connectivity index (χ0) is 29.4. The van der Waals surface area contributed by atoms with Crippen LogP contribution >= 0.6 is 0 Å². The molecule has 1 amide bonds. The number of carbonyl (C=O) groups excluding carboxylic acids is 1. The molecule has 1 aliphatic carbocycles. The highest BCUT2D eigenvalue weighted by atomic mass is 32.2. The van der Waals surface area contributed by atoms with Crippen LogP contribution in [0, 0.1) is 0 Å². The summed E-state index contributed by atoms with van der Waals surface area (Å²) in [6, 6.07) is 9.69. The molecule has 3 aromatic heterocycles. The highest BCUT2D eigenvalue weighted by molar-refractivity contribution is 7.91. The summed E-state index contributed by atoms with van der Waals surface area (Å²) in [6.07, 6.45) is 8.13. The molecule has 0 atom stereocenters. The minimum Gasteiger partial charge on any atom is -0.382 e. The maximum absolute atomic E-state index is 13.2. The third-order valence-corrected chi connectivity index (χ3v) is 8.75. The molecule has 0 saturated heterocycles. The molecule has 1 fully saturated rings. The van der Waals surface area contributed by atoms with Gasteiger partial charge in [-0.15, -0.1) is 0 Å². The van der Waals surface area contributed by atoms with Gasteiger partial charge >= 0.3 is 0 Å². The van der Waals surface area contributed by atoms with E-state index in [-0.39, 0.29) is 29.1 Å². The Morgan fingerprint density at radius 3 is 2.46 bits per heavy atom. The van der Waals surface area contributed by atoms with Crippen molar-refractivity contribution in [3.05, 3.63) is 54.6 Å². The molecule has 3 heterocycles. The first-order chi connectivity index (χ1) is 19.6. The van der Waals surface area contributed by atoms with Crippen LogP contribution in [0.25, 0.3) is 22.5 Å². The molecule has 0 bridgehead atoms. The van der Waals surface area contributed by atoms with Crippen LogP contribution < -0.4 is 5.73 Å². The Labute approximate surface area is 239 Å². The maximum atomic E-state index is 13.2. The van der Waals surface area contributed by atoms with Gasteiger partial charge in [0.05, 0.1) is 37.0 Å². The number of benzene rings is 1. The predicted octanol–water partition coefficient (Wildman–Crippen LogP) is 2.72. The van der Waals surface area contributed by atoms with Crippen LogP contribution in [0.5, 0.6) is 0 Å². The summed E-state index contributed by atoms with van der Waals surface area (Å²) in [7, 11) is 1.23. The number of methoxy groups -OCH3 is 1. The minimum absolute atomic E-state index is 0.00625. The highest BCUT2D eigenvalue weighted by Gasteiger charge is 2.45. The summed E-state index contributed by atoms with van der Waals surface area (Å²) in [6.45, 7) is 0.645. The van der Waals surface area contributed by atoms with Gasteiger partial charge in [0.25, 0.3) is 5.91 Å². The van der Waals surface area contributed by atoms with Gasteiger partial charge in [-0.05, 0) is 37.8 Å². The monoisotopic (exact) mass is 581 g/mol. The number of nitrogen functional groups attached to an aromatic ring is 1. The molecule has 12 nitrogen and oxygen atoms in total. The molecule has 1 aromatic carbocycles. The number of fused-ring (bicyclic) bond motifs is 1. The van der Waals surface area contributed by atoms with E-state index in [1.807, 2.05) is 36.5 Å². The van der Waals surface area contributed by atoms with Crippen LogP contribution in [0.15, 0.2) is 53.8 Å². The number of nitrogens with zero attached hydrogens (tertiary/aromatic N) is 6. The summed E-state index contributed by atoms with van der Waals surface area (Å²) >= 11 is 0. The standard InChI is InChI=1S/C28H35N7O5S/c1-33(2)27(36)28(40-15-14-39-3)12-10-19(11-13-28)23-24(41(4,37)38)25(29)35-26(32-23)22(17-31-35)20-16-30-34(18-20)21-8-6-5-7-9-21/h5-9,16-19H,10-15,29H2,1-4H3/t19-,28-.